The first kappa shape index (κ1) is 11.3. The summed E-state index contributed by atoms with van der Waals surface area (Å²) in [6.45, 7) is 2.03. The first-order valence-corrected chi connectivity index (χ1v) is 6.26. The van der Waals surface area contributed by atoms with Crippen LogP contribution in [0.2, 0.25) is 0 Å². The lowest BCUT2D eigenvalue weighted by Crippen LogP contribution is -2.27. The third-order valence-corrected chi connectivity index (χ3v) is 3.60. The smallest absolute Gasteiger partial charge is 0.129 e. The van der Waals surface area contributed by atoms with Crippen molar-refractivity contribution in [2.75, 3.05) is 0 Å². The molecule has 0 saturated carbocycles. The number of hydrogen-bond donors (Lipinski definition) is 1. The quantitative estimate of drug-likeness (QED) is 0.826. The number of benzene rings is 2. The van der Waals surface area contributed by atoms with Gasteiger partial charge in [0.25, 0.3) is 0 Å². The van der Waals surface area contributed by atoms with Gasteiger partial charge in [-0.2, -0.15) is 0 Å². The van der Waals surface area contributed by atoms with Gasteiger partial charge in [0.15, 0.2) is 0 Å². The molecule has 3 atom stereocenters. The van der Waals surface area contributed by atoms with Crippen LogP contribution < -0.4 is 4.74 Å². The fraction of sp³-hybridized carbons (Fsp3) is 0.250. The highest BCUT2D eigenvalue weighted by molar-refractivity contribution is 5.39. The van der Waals surface area contributed by atoms with E-state index in [9.17, 15) is 5.11 Å². The van der Waals surface area contributed by atoms with E-state index in [2.05, 4.69) is 0 Å². The van der Waals surface area contributed by atoms with E-state index in [1.54, 1.807) is 0 Å². The summed E-state index contributed by atoms with van der Waals surface area (Å²) in [4.78, 5) is 0. The molecule has 2 aromatic carbocycles. The molecular formula is C16H16O2. The van der Waals surface area contributed by atoms with Crippen LogP contribution in [0, 0.1) is 5.92 Å². The maximum Gasteiger partial charge on any atom is 0.129 e. The van der Waals surface area contributed by atoms with Crippen LogP contribution in [0.3, 0.4) is 0 Å². The van der Waals surface area contributed by atoms with Gasteiger partial charge < -0.3 is 9.84 Å². The standard InChI is InChI=1S/C16H16O2/c1-11-15(17)13-9-5-6-10-14(13)18-16(11)12-7-3-2-4-8-12/h2-11,15-17H,1H3/t11-,15+,16-/m0/s1. The fourth-order valence-corrected chi connectivity index (χ4v) is 2.54. The molecule has 18 heavy (non-hydrogen) atoms. The van der Waals surface area contributed by atoms with E-state index in [0.29, 0.717) is 0 Å². The van der Waals surface area contributed by atoms with Gasteiger partial charge in [-0.3, -0.25) is 0 Å². The summed E-state index contributed by atoms with van der Waals surface area (Å²) in [7, 11) is 0. The summed E-state index contributed by atoms with van der Waals surface area (Å²) in [5.74, 6) is 0.833. The predicted molar refractivity (Wildman–Crippen MR) is 70.4 cm³/mol. The molecule has 1 aliphatic heterocycles. The van der Waals surface area contributed by atoms with E-state index in [1.165, 1.54) is 0 Å². The van der Waals surface area contributed by atoms with Crippen LogP contribution >= 0.6 is 0 Å². The summed E-state index contributed by atoms with van der Waals surface area (Å²) >= 11 is 0. The van der Waals surface area contributed by atoms with Crippen LogP contribution in [0.4, 0.5) is 0 Å². The molecule has 2 heteroatoms. The number of rotatable bonds is 1. The second-order valence-electron chi connectivity index (χ2n) is 4.79. The molecule has 1 N–H and O–H groups in total. The molecule has 1 heterocycles. The Morgan fingerprint density at radius 3 is 2.39 bits per heavy atom. The van der Waals surface area contributed by atoms with Crippen molar-refractivity contribution in [3.05, 3.63) is 65.7 Å². The van der Waals surface area contributed by atoms with Crippen molar-refractivity contribution in [1.82, 2.24) is 0 Å². The Kier molecular flexibility index (Phi) is 2.80. The molecule has 0 radical (unpaired) electrons. The molecule has 3 rings (SSSR count). The van der Waals surface area contributed by atoms with Gasteiger partial charge in [0.1, 0.15) is 11.9 Å². The summed E-state index contributed by atoms with van der Waals surface area (Å²) in [5.41, 5.74) is 2.00. The second kappa shape index (κ2) is 4.46. The monoisotopic (exact) mass is 240 g/mol. The summed E-state index contributed by atoms with van der Waals surface area (Å²) in [6.07, 6.45) is -0.559. The van der Waals surface area contributed by atoms with Crippen molar-refractivity contribution in [3.8, 4) is 5.75 Å². The summed E-state index contributed by atoms with van der Waals surface area (Å²) in [6, 6.07) is 17.8. The first-order valence-electron chi connectivity index (χ1n) is 6.26. The number of ether oxygens (including phenoxy) is 1. The predicted octanol–water partition coefficient (Wildman–Crippen LogP) is 3.49. The van der Waals surface area contributed by atoms with Gasteiger partial charge in [-0.05, 0) is 11.6 Å². The lowest BCUT2D eigenvalue weighted by molar-refractivity contribution is 0.00765. The van der Waals surface area contributed by atoms with Crippen molar-refractivity contribution in [1.29, 1.82) is 0 Å². The highest BCUT2D eigenvalue weighted by Crippen LogP contribution is 2.44. The van der Waals surface area contributed by atoms with Crippen LogP contribution in [0.1, 0.15) is 30.3 Å². The molecule has 0 amide bonds. The molecule has 0 saturated heterocycles. The molecule has 2 aromatic rings. The van der Waals surface area contributed by atoms with Crippen LogP contribution in [0.25, 0.3) is 0 Å². The molecule has 0 aliphatic carbocycles. The Labute approximate surface area is 107 Å². The van der Waals surface area contributed by atoms with E-state index in [1.807, 2.05) is 61.5 Å². The van der Waals surface area contributed by atoms with Crippen molar-refractivity contribution < 1.29 is 9.84 Å². The van der Waals surface area contributed by atoms with Crippen LogP contribution in [0.15, 0.2) is 54.6 Å². The van der Waals surface area contributed by atoms with Gasteiger partial charge in [0.2, 0.25) is 0 Å². The number of fused-ring (bicyclic) bond motifs is 1. The highest BCUT2D eigenvalue weighted by atomic mass is 16.5. The maximum absolute atomic E-state index is 10.4. The van der Waals surface area contributed by atoms with Crippen LogP contribution in [-0.2, 0) is 0 Å². The molecule has 0 bridgehead atoms. The van der Waals surface area contributed by atoms with E-state index in [4.69, 9.17) is 4.74 Å². The van der Waals surface area contributed by atoms with Crippen molar-refractivity contribution in [2.24, 2.45) is 5.92 Å². The molecule has 1 aliphatic rings. The topological polar surface area (TPSA) is 29.5 Å². The van der Waals surface area contributed by atoms with E-state index in [-0.39, 0.29) is 12.0 Å². The largest absolute Gasteiger partial charge is 0.485 e. The van der Waals surface area contributed by atoms with Gasteiger partial charge in [-0.25, -0.2) is 0 Å². The number of para-hydroxylation sites is 1. The van der Waals surface area contributed by atoms with Gasteiger partial charge in [-0.15, -0.1) is 0 Å². The fourth-order valence-electron chi connectivity index (χ4n) is 2.54. The normalized spacial score (nSPS) is 26.2. The Morgan fingerprint density at radius 2 is 1.61 bits per heavy atom. The van der Waals surface area contributed by atoms with Gasteiger partial charge in [-0.1, -0.05) is 55.5 Å². The van der Waals surface area contributed by atoms with E-state index in [0.717, 1.165) is 16.9 Å². The van der Waals surface area contributed by atoms with Crippen LogP contribution in [-0.4, -0.2) is 5.11 Å². The molecule has 0 fully saturated rings. The zero-order valence-electron chi connectivity index (χ0n) is 10.3. The Hall–Kier alpha value is -1.80. The number of hydrogen-bond acceptors (Lipinski definition) is 2. The van der Waals surface area contributed by atoms with E-state index < -0.39 is 6.10 Å². The zero-order chi connectivity index (χ0) is 12.5. The van der Waals surface area contributed by atoms with E-state index >= 15 is 0 Å². The summed E-state index contributed by atoms with van der Waals surface area (Å²) in [5, 5.41) is 10.4. The van der Waals surface area contributed by atoms with Crippen molar-refractivity contribution in [2.45, 2.75) is 19.1 Å². The SMILES string of the molecule is C[C@@H]1[C@@H](c2ccccc2)Oc2ccccc2[C@@H]1O. The Morgan fingerprint density at radius 1 is 0.944 bits per heavy atom. The molecule has 0 spiro atoms. The lowest BCUT2D eigenvalue weighted by Gasteiger charge is -2.35. The highest BCUT2D eigenvalue weighted by Gasteiger charge is 2.34. The molecule has 0 unspecified atom stereocenters. The van der Waals surface area contributed by atoms with Crippen molar-refractivity contribution >= 4 is 0 Å². The average Bonchev–Trinajstić information content (AvgIpc) is 2.44. The van der Waals surface area contributed by atoms with Crippen molar-refractivity contribution in [3.63, 3.8) is 0 Å². The summed E-state index contributed by atoms with van der Waals surface area (Å²) < 4.78 is 6.04. The second-order valence-corrected chi connectivity index (χ2v) is 4.79. The zero-order valence-corrected chi connectivity index (χ0v) is 10.3. The lowest BCUT2D eigenvalue weighted by atomic mass is 9.86. The van der Waals surface area contributed by atoms with Gasteiger partial charge in [0.05, 0.1) is 6.10 Å². The third-order valence-electron chi connectivity index (χ3n) is 3.60. The molecule has 2 nitrogen and oxygen atoms in total. The average molecular weight is 240 g/mol. The first-order chi connectivity index (χ1) is 8.77. The molecule has 92 valence electrons. The maximum atomic E-state index is 10.4. The minimum absolute atomic E-state index is 0.0438. The minimum Gasteiger partial charge on any atom is -0.485 e. The van der Waals surface area contributed by atoms with Gasteiger partial charge in [0, 0.05) is 11.5 Å². The third kappa shape index (κ3) is 1.79. The molecule has 0 aromatic heterocycles. The molecular weight excluding hydrogens is 224 g/mol. The van der Waals surface area contributed by atoms with Gasteiger partial charge >= 0.3 is 0 Å². The Bertz CT molecular complexity index is 536. The Balaban J connectivity index is 2.01. The van der Waals surface area contributed by atoms with Crippen LogP contribution in [0.5, 0.6) is 5.75 Å². The number of aliphatic hydroxyl groups excluding tert-OH is 1. The number of aliphatic hydroxyl groups is 1. The minimum atomic E-state index is -0.472.